The van der Waals surface area contributed by atoms with E-state index in [-0.39, 0.29) is 25.0 Å². The number of hydrogen-bond donors (Lipinski definition) is 1. The second kappa shape index (κ2) is 7.56. The third-order valence-corrected chi connectivity index (χ3v) is 3.96. The van der Waals surface area contributed by atoms with Crippen molar-refractivity contribution in [3.05, 3.63) is 34.3 Å². The molecule has 5 nitrogen and oxygen atoms in total. The molecule has 0 unspecified atom stereocenters. The number of ether oxygens (including phenoxy) is 1. The van der Waals surface area contributed by atoms with Gasteiger partial charge in [0.15, 0.2) is 0 Å². The summed E-state index contributed by atoms with van der Waals surface area (Å²) < 4.78 is 6.41. The van der Waals surface area contributed by atoms with Crippen LogP contribution in [0, 0.1) is 0 Å². The number of carbonyl (C=O) groups excluding carboxylic acids is 1. The molecule has 0 radical (unpaired) electrons. The molecule has 1 aromatic rings. The van der Waals surface area contributed by atoms with Crippen molar-refractivity contribution in [2.75, 3.05) is 19.7 Å². The number of carboxylic acids is 1. The van der Waals surface area contributed by atoms with Crippen molar-refractivity contribution in [3.8, 4) is 0 Å². The summed E-state index contributed by atoms with van der Waals surface area (Å²) in [5.74, 6) is -0.822. The first kappa shape index (κ1) is 16.0. The van der Waals surface area contributed by atoms with Crippen LogP contribution in [0.5, 0.6) is 0 Å². The molecule has 1 aliphatic heterocycles. The van der Waals surface area contributed by atoms with E-state index in [0.29, 0.717) is 18.7 Å². The fourth-order valence-electron chi connectivity index (χ4n) is 2.34. The Morgan fingerprint density at radius 1 is 1.33 bits per heavy atom. The Morgan fingerprint density at radius 3 is 2.67 bits per heavy atom. The average molecular weight is 356 g/mol. The standard InChI is InChI=1S/C15H18BrNO4/c16-12-3-1-2-11(10-12)15(20)17-7-4-13(5-8-17)21-9-6-14(18)19/h1-3,10,13H,4-9H2,(H,18,19). The van der Waals surface area contributed by atoms with Crippen LogP contribution in [0.3, 0.4) is 0 Å². The molecule has 1 fully saturated rings. The quantitative estimate of drug-likeness (QED) is 0.881. The zero-order chi connectivity index (χ0) is 15.2. The van der Waals surface area contributed by atoms with Gasteiger partial charge in [-0.3, -0.25) is 9.59 Å². The summed E-state index contributed by atoms with van der Waals surface area (Å²) in [6.45, 7) is 1.52. The molecule has 2 rings (SSSR count). The van der Waals surface area contributed by atoms with E-state index in [1.54, 1.807) is 0 Å². The van der Waals surface area contributed by atoms with Gasteiger partial charge in [-0.1, -0.05) is 22.0 Å². The molecule has 114 valence electrons. The minimum absolute atomic E-state index is 0.0250. The first-order valence-corrected chi connectivity index (χ1v) is 7.74. The lowest BCUT2D eigenvalue weighted by Crippen LogP contribution is -2.41. The molecule has 0 spiro atoms. The normalized spacial score (nSPS) is 16.0. The van der Waals surface area contributed by atoms with Gasteiger partial charge in [-0.15, -0.1) is 0 Å². The van der Waals surface area contributed by atoms with E-state index >= 15 is 0 Å². The van der Waals surface area contributed by atoms with Gasteiger partial charge in [-0.2, -0.15) is 0 Å². The third-order valence-electron chi connectivity index (χ3n) is 3.47. The molecule has 0 atom stereocenters. The van der Waals surface area contributed by atoms with Crippen LogP contribution >= 0.6 is 15.9 Å². The van der Waals surface area contributed by atoms with Crippen molar-refractivity contribution < 1.29 is 19.4 Å². The summed E-state index contributed by atoms with van der Waals surface area (Å²) in [5, 5.41) is 8.57. The molecule has 1 aromatic carbocycles. The van der Waals surface area contributed by atoms with E-state index in [4.69, 9.17) is 9.84 Å². The van der Waals surface area contributed by atoms with Crippen LogP contribution in [0.2, 0.25) is 0 Å². The zero-order valence-electron chi connectivity index (χ0n) is 11.6. The van der Waals surface area contributed by atoms with Gasteiger partial charge >= 0.3 is 5.97 Å². The van der Waals surface area contributed by atoms with Crippen molar-refractivity contribution in [1.29, 1.82) is 0 Å². The van der Waals surface area contributed by atoms with Crippen LogP contribution < -0.4 is 0 Å². The first-order valence-electron chi connectivity index (χ1n) is 6.94. The molecule has 1 heterocycles. The van der Waals surface area contributed by atoms with Gasteiger partial charge in [0.1, 0.15) is 0 Å². The first-order chi connectivity index (χ1) is 10.1. The molecule has 0 saturated carbocycles. The minimum Gasteiger partial charge on any atom is -0.481 e. The lowest BCUT2D eigenvalue weighted by molar-refractivity contribution is -0.138. The van der Waals surface area contributed by atoms with Crippen molar-refractivity contribution in [3.63, 3.8) is 0 Å². The molecule has 21 heavy (non-hydrogen) atoms. The fraction of sp³-hybridized carbons (Fsp3) is 0.467. The SMILES string of the molecule is O=C(O)CCOC1CCN(C(=O)c2cccc(Br)c2)CC1. The Bertz CT molecular complexity index is 512. The fourth-order valence-corrected chi connectivity index (χ4v) is 2.74. The Balaban J connectivity index is 1.81. The molecular weight excluding hydrogens is 338 g/mol. The van der Waals surface area contributed by atoms with Crippen LogP contribution in [0.1, 0.15) is 29.6 Å². The molecule has 0 aromatic heterocycles. The van der Waals surface area contributed by atoms with Gasteiger partial charge in [0.25, 0.3) is 5.91 Å². The molecule has 1 amide bonds. The van der Waals surface area contributed by atoms with E-state index in [1.165, 1.54) is 0 Å². The highest BCUT2D eigenvalue weighted by atomic mass is 79.9. The molecule has 0 bridgehead atoms. The number of amides is 1. The van der Waals surface area contributed by atoms with Gasteiger partial charge < -0.3 is 14.7 Å². The highest BCUT2D eigenvalue weighted by Gasteiger charge is 2.24. The lowest BCUT2D eigenvalue weighted by Gasteiger charge is -2.32. The van der Waals surface area contributed by atoms with E-state index in [9.17, 15) is 9.59 Å². The largest absolute Gasteiger partial charge is 0.481 e. The molecule has 1 aliphatic rings. The number of carbonyl (C=O) groups is 2. The summed E-state index contributed by atoms with van der Waals surface area (Å²) in [6, 6.07) is 7.36. The Hall–Kier alpha value is -1.40. The highest BCUT2D eigenvalue weighted by molar-refractivity contribution is 9.10. The summed E-state index contributed by atoms with van der Waals surface area (Å²) in [5.41, 5.74) is 0.676. The number of aliphatic carboxylic acids is 1. The van der Waals surface area contributed by atoms with E-state index in [1.807, 2.05) is 29.2 Å². The van der Waals surface area contributed by atoms with E-state index in [2.05, 4.69) is 15.9 Å². The maximum absolute atomic E-state index is 12.3. The van der Waals surface area contributed by atoms with Gasteiger partial charge in [-0.05, 0) is 31.0 Å². The van der Waals surface area contributed by atoms with Gasteiger partial charge in [-0.25, -0.2) is 0 Å². The van der Waals surface area contributed by atoms with Gasteiger partial charge in [0, 0.05) is 23.1 Å². The summed E-state index contributed by atoms with van der Waals surface area (Å²) in [7, 11) is 0. The summed E-state index contributed by atoms with van der Waals surface area (Å²) in [6.07, 6.45) is 1.58. The molecule has 6 heteroatoms. The molecule has 0 aliphatic carbocycles. The Labute approximate surface area is 132 Å². The van der Waals surface area contributed by atoms with Crippen molar-refractivity contribution >= 4 is 27.8 Å². The lowest BCUT2D eigenvalue weighted by atomic mass is 10.1. The van der Waals surface area contributed by atoms with Gasteiger partial charge in [0.2, 0.25) is 0 Å². The van der Waals surface area contributed by atoms with Crippen LogP contribution in [0.25, 0.3) is 0 Å². The smallest absolute Gasteiger partial charge is 0.305 e. The topological polar surface area (TPSA) is 66.8 Å². The number of carboxylic acid groups (broad SMARTS) is 1. The number of piperidine rings is 1. The number of rotatable bonds is 5. The van der Waals surface area contributed by atoms with E-state index < -0.39 is 5.97 Å². The second-order valence-corrected chi connectivity index (χ2v) is 5.93. The van der Waals surface area contributed by atoms with Gasteiger partial charge in [0.05, 0.1) is 19.1 Å². The Morgan fingerprint density at radius 2 is 2.05 bits per heavy atom. The Kier molecular flexibility index (Phi) is 5.76. The van der Waals surface area contributed by atoms with Crippen molar-refractivity contribution in [1.82, 2.24) is 4.90 Å². The predicted molar refractivity (Wildman–Crippen MR) is 81.3 cm³/mol. The average Bonchev–Trinajstić information content (AvgIpc) is 2.47. The van der Waals surface area contributed by atoms with Crippen LogP contribution in [-0.2, 0) is 9.53 Å². The highest BCUT2D eigenvalue weighted by Crippen LogP contribution is 2.18. The number of hydrogen-bond acceptors (Lipinski definition) is 3. The third kappa shape index (κ3) is 4.82. The second-order valence-electron chi connectivity index (χ2n) is 5.02. The number of likely N-dealkylation sites (tertiary alicyclic amines) is 1. The van der Waals surface area contributed by atoms with Crippen molar-refractivity contribution in [2.24, 2.45) is 0 Å². The maximum Gasteiger partial charge on any atom is 0.305 e. The summed E-state index contributed by atoms with van der Waals surface area (Å²) >= 11 is 3.37. The maximum atomic E-state index is 12.3. The number of benzene rings is 1. The molecule has 1 saturated heterocycles. The predicted octanol–water partition coefficient (Wildman–Crippen LogP) is 2.55. The van der Waals surface area contributed by atoms with Crippen molar-refractivity contribution in [2.45, 2.75) is 25.4 Å². The van der Waals surface area contributed by atoms with Crippen LogP contribution in [0.4, 0.5) is 0 Å². The minimum atomic E-state index is -0.850. The zero-order valence-corrected chi connectivity index (χ0v) is 13.2. The van der Waals surface area contributed by atoms with E-state index in [0.717, 1.165) is 17.3 Å². The number of halogens is 1. The number of nitrogens with zero attached hydrogens (tertiary/aromatic N) is 1. The van der Waals surface area contributed by atoms with Crippen LogP contribution in [0.15, 0.2) is 28.7 Å². The monoisotopic (exact) mass is 355 g/mol. The van der Waals surface area contributed by atoms with Crippen LogP contribution in [-0.4, -0.2) is 47.7 Å². The molecular formula is C15H18BrNO4. The molecule has 1 N–H and O–H groups in total. The summed E-state index contributed by atoms with van der Waals surface area (Å²) in [4.78, 5) is 24.6.